The van der Waals surface area contributed by atoms with Crippen LogP contribution in [-0.2, 0) is 23.9 Å². The number of nitrogens with one attached hydrogen (secondary N) is 1. The van der Waals surface area contributed by atoms with E-state index in [9.17, 15) is 19.2 Å². The van der Waals surface area contributed by atoms with E-state index < -0.39 is 36.9 Å². The topological polar surface area (TPSA) is 102 Å². The van der Waals surface area contributed by atoms with Crippen LogP contribution in [0.15, 0.2) is 54.6 Å². The SMILES string of the molecule is O=C(COC(=O)CN1C(=O)[C@@H]2C[C@H](Br)[C@@H](Br)C[C@H]2C1=O)Nc1ccc(Oc2ccccc2)cc1. The lowest BCUT2D eigenvalue weighted by Crippen LogP contribution is -2.37. The Labute approximate surface area is 213 Å². The molecule has 1 aliphatic carbocycles. The van der Waals surface area contributed by atoms with E-state index in [1.54, 1.807) is 24.3 Å². The summed E-state index contributed by atoms with van der Waals surface area (Å²) in [4.78, 5) is 50.8. The molecule has 3 amide bonds. The minimum atomic E-state index is -0.812. The predicted octanol–water partition coefficient (Wildman–Crippen LogP) is 3.88. The molecular formula is C24H22Br2N2O6. The van der Waals surface area contributed by atoms with E-state index in [4.69, 9.17) is 9.47 Å². The third-order valence-corrected chi connectivity index (χ3v) is 8.50. The summed E-state index contributed by atoms with van der Waals surface area (Å²) in [6.45, 7) is -1.03. The van der Waals surface area contributed by atoms with Crippen molar-refractivity contribution in [3.63, 3.8) is 0 Å². The number of amides is 3. The summed E-state index contributed by atoms with van der Waals surface area (Å²) >= 11 is 7.05. The molecule has 2 aliphatic rings. The second-order valence-electron chi connectivity index (χ2n) is 8.13. The van der Waals surface area contributed by atoms with Gasteiger partial charge in [-0.2, -0.15) is 0 Å². The average molecular weight is 594 g/mol. The number of esters is 1. The van der Waals surface area contributed by atoms with E-state index in [2.05, 4.69) is 37.2 Å². The first-order valence-electron chi connectivity index (χ1n) is 10.7. The fourth-order valence-electron chi connectivity index (χ4n) is 4.07. The van der Waals surface area contributed by atoms with E-state index in [1.165, 1.54) is 0 Å². The van der Waals surface area contributed by atoms with Gasteiger partial charge in [-0.1, -0.05) is 50.1 Å². The van der Waals surface area contributed by atoms with Crippen molar-refractivity contribution in [1.82, 2.24) is 4.90 Å². The maximum Gasteiger partial charge on any atom is 0.326 e. The van der Waals surface area contributed by atoms with Crippen LogP contribution in [0.3, 0.4) is 0 Å². The van der Waals surface area contributed by atoms with Gasteiger partial charge >= 0.3 is 5.97 Å². The molecule has 1 saturated heterocycles. The van der Waals surface area contributed by atoms with Gasteiger partial charge in [0.05, 0.1) is 11.8 Å². The second kappa shape index (κ2) is 10.7. The fraction of sp³-hybridized carbons (Fsp3) is 0.333. The number of ether oxygens (including phenoxy) is 2. The summed E-state index contributed by atoms with van der Waals surface area (Å²) < 4.78 is 10.7. The highest BCUT2D eigenvalue weighted by Gasteiger charge is 2.52. The fourth-order valence-corrected chi connectivity index (χ4v) is 5.31. The number of rotatable bonds is 7. The number of hydrogen-bond acceptors (Lipinski definition) is 6. The maximum absolute atomic E-state index is 12.6. The van der Waals surface area contributed by atoms with Gasteiger partial charge in [0.15, 0.2) is 6.61 Å². The first-order valence-corrected chi connectivity index (χ1v) is 12.6. The summed E-state index contributed by atoms with van der Waals surface area (Å²) in [7, 11) is 0. The van der Waals surface area contributed by atoms with Gasteiger partial charge in [-0.25, -0.2) is 0 Å². The molecule has 2 aromatic rings. The highest BCUT2D eigenvalue weighted by Crippen LogP contribution is 2.43. The van der Waals surface area contributed by atoms with Crippen LogP contribution in [0.1, 0.15) is 12.8 Å². The highest BCUT2D eigenvalue weighted by atomic mass is 79.9. The Morgan fingerprint density at radius 1 is 0.882 bits per heavy atom. The number of carbonyl (C=O) groups is 4. The Bertz CT molecular complexity index is 1050. The van der Waals surface area contributed by atoms with Crippen molar-refractivity contribution in [3.8, 4) is 11.5 Å². The van der Waals surface area contributed by atoms with Crippen molar-refractivity contribution in [2.24, 2.45) is 11.8 Å². The first kappa shape index (κ1) is 24.4. The molecule has 1 N–H and O–H groups in total. The third-order valence-electron chi connectivity index (χ3n) is 5.77. The van der Waals surface area contributed by atoms with Crippen molar-refractivity contribution in [3.05, 3.63) is 54.6 Å². The number of hydrogen-bond donors (Lipinski definition) is 1. The zero-order chi connectivity index (χ0) is 24.2. The van der Waals surface area contributed by atoms with Gasteiger partial charge in [-0.15, -0.1) is 0 Å². The molecule has 4 rings (SSSR count). The Balaban J connectivity index is 1.24. The van der Waals surface area contributed by atoms with E-state index >= 15 is 0 Å². The number of anilines is 1. The normalized spacial score (nSPS) is 23.9. The smallest absolute Gasteiger partial charge is 0.326 e. The van der Waals surface area contributed by atoms with E-state index in [0.717, 1.165) is 4.90 Å². The first-order chi connectivity index (χ1) is 16.3. The molecule has 0 unspecified atom stereocenters. The number of alkyl halides is 2. The number of nitrogens with zero attached hydrogens (tertiary/aromatic N) is 1. The lowest BCUT2D eigenvalue weighted by atomic mass is 9.81. The molecule has 2 aromatic carbocycles. The molecule has 10 heteroatoms. The monoisotopic (exact) mass is 592 g/mol. The van der Waals surface area contributed by atoms with Crippen LogP contribution in [0.2, 0.25) is 0 Å². The minimum Gasteiger partial charge on any atom is -0.457 e. The number of imide groups is 1. The molecule has 2 fully saturated rings. The van der Waals surface area contributed by atoms with Gasteiger partial charge in [-0.3, -0.25) is 24.1 Å². The summed E-state index contributed by atoms with van der Waals surface area (Å²) in [5.74, 6) is -1.65. The van der Waals surface area contributed by atoms with Gasteiger partial charge in [-0.05, 0) is 49.2 Å². The molecule has 1 aliphatic heterocycles. The highest BCUT2D eigenvalue weighted by molar-refractivity contribution is 9.12. The number of fused-ring (bicyclic) bond motifs is 1. The molecular weight excluding hydrogens is 572 g/mol. The maximum atomic E-state index is 12.6. The minimum absolute atomic E-state index is 0.0834. The van der Waals surface area contributed by atoms with Crippen molar-refractivity contribution >= 4 is 61.2 Å². The molecule has 0 bridgehead atoms. The Morgan fingerprint density at radius 2 is 1.44 bits per heavy atom. The lowest BCUT2D eigenvalue weighted by Gasteiger charge is -2.29. The largest absolute Gasteiger partial charge is 0.457 e. The molecule has 1 saturated carbocycles. The van der Waals surface area contributed by atoms with E-state index in [1.807, 2.05) is 30.3 Å². The number of carbonyl (C=O) groups excluding carboxylic acids is 4. The van der Waals surface area contributed by atoms with E-state index in [-0.39, 0.29) is 21.5 Å². The van der Waals surface area contributed by atoms with Crippen LogP contribution in [0.25, 0.3) is 0 Å². The molecule has 0 spiro atoms. The zero-order valence-electron chi connectivity index (χ0n) is 18.0. The Morgan fingerprint density at radius 3 is 2.03 bits per heavy atom. The predicted molar refractivity (Wildman–Crippen MR) is 131 cm³/mol. The summed E-state index contributed by atoms with van der Waals surface area (Å²) in [5, 5.41) is 2.62. The zero-order valence-corrected chi connectivity index (χ0v) is 21.2. The van der Waals surface area contributed by atoms with Crippen LogP contribution in [-0.4, -0.2) is 51.4 Å². The average Bonchev–Trinajstić information content (AvgIpc) is 3.04. The van der Waals surface area contributed by atoms with Gasteiger partial charge in [0, 0.05) is 15.3 Å². The number of halogens is 2. The summed E-state index contributed by atoms with van der Waals surface area (Å²) in [6.07, 6.45) is 1.04. The molecule has 0 radical (unpaired) electrons. The van der Waals surface area contributed by atoms with Crippen molar-refractivity contribution < 1.29 is 28.7 Å². The van der Waals surface area contributed by atoms with Crippen LogP contribution in [0.4, 0.5) is 5.69 Å². The van der Waals surface area contributed by atoms with Crippen LogP contribution < -0.4 is 10.1 Å². The molecule has 34 heavy (non-hydrogen) atoms. The summed E-state index contributed by atoms with van der Waals surface area (Å²) in [6, 6.07) is 16.0. The molecule has 178 valence electrons. The second-order valence-corrected chi connectivity index (χ2v) is 10.5. The van der Waals surface area contributed by atoms with Gasteiger partial charge in [0.2, 0.25) is 11.8 Å². The molecule has 0 aromatic heterocycles. The van der Waals surface area contributed by atoms with Crippen molar-refractivity contribution in [2.45, 2.75) is 22.5 Å². The molecule has 4 atom stereocenters. The summed E-state index contributed by atoms with van der Waals surface area (Å²) in [5.41, 5.74) is 0.504. The number of benzene rings is 2. The quantitative estimate of drug-likeness (QED) is 0.297. The van der Waals surface area contributed by atoms with Crippen LogP contribution in [0.5, 0.6) is 11.5 Å². The van der Waals surface area contributed by atoms with Crippen molar-refractivity contribution in [1.29, 1.82) is 0 Å². The standard InChI is InChI=1S/C24H22Br2N2O6/c25-19-10-17-18(11-20(19)26)24(32)28(23(17)31)12-22(30)33-13-21(29)27-14-6-8-16(9-7-14)34-15-4-2-1-3-5-15/h1-9,17-20H,10-13H2,(H,27,29)/t17-,18-,19+,20+/m1/s1. The number of likely N-dealkylation sites (tertiary alicyclic amines) is 1. The lowest BCUT2D eigenvalue weighted by molar-refractivity contribution is -0.154. The Hall–Kier alpha value is -2.72. The molecule has 8 nitrogen and oxygen atoms in total. The Kier molecular flexibility index (Phi) is 7.67. The van der Waals surface area contributed by atoms with Crippen LogP contribution in [0, 0.1) is 11.8 Å². The van der Waals surface area contributed by atoms with Crippen molar-refractivity contribution in [2.75, 3.05) is 18.5 Å². The molecule has 1 heterocycles. The third kappa shape index (κ3) is 5.67. The van der Waals surface area contributed by atoms with Gasteiger partial charge in [0.1, 0.15) is 18.0 Å². The van der Waals surface area contributed by atoms with Crippen LogP contribution >= 0.6 is 31.9 Å². The van der Waals surface area contributed by atoms with E-state index in [0.29, 0.717) is 30.0 Å². The number of para-hydroxylation sites is 1. The van der Waals surface area contributed by atoms with Gasteiger partial charge in [0.25, 0.3) is 5.91 Å². The van der Waals surface area contributed by atoms with Gasteiger partial charge < -0.3 is 14.8 Å².